The fourth-order valence-corrected chi connectivity index (χ4v) is 1.37. The van der Waals surface area contributed by atoms with Gasteiger partial charge in [-0.3, -0.25) is 0 Å². The van der Waals surface area contributed by atoms with Crippen molar-refractivity contribution < 1.29 is 19.1 Å². The second-order valence-corrected chi connectivity index (χ2v) is 3.42. The van der Waals surface area contributed by atoms with E-state index in [0.29, 0.717) is 5.75 Å². The lowest BCUT2D eigenvalue weighted by molar-refractivity contribution is 0.0689. The third-order valence-electron chi connectivity index (χ3n) is 2.15. The molecule has 0 aliphatic rings. The van der Waals surface area contributed by atoms with Gasteiger partial charge in [-0.05, 0) is 19.1 Å². The number of carboxylic acid groups (broad SMARTS) is 1. The van der Waals surface area contributed by atoms with Crippen molar-refractivity contribution in [2.45, 2.75) is 13.5 Å². The summed E-state index contributed by atoms with van der Waals surface area (Å²) in [6.45, 7) is 1.67. The molecular formula is C12H11NO4. The molecule has 5 nitrogen and oxygen atoms in total. The lowest BCUT2D eigenvalue weighted by Gasteiger charge is -2.01. The van der Waals surface area contributed by atoms with Gasteiger partial charge in [-0.2, -0.15) is 0 Å². The van der Waals surface area contributed by atoms with E-state index in [4.69, 9.17) is 14.3 Å². The van der Waals surface area contributed by atoms with Crippen molar-refractivity contribution in [2.75, 3.05) is 0 Å². The van der Waals surface area contributed by atoms with Gasteiger partial charge in [-0.25, -0.2) is 9.78 Å². The van der Waals surface area contributed by atoms with Crippen LogP contribution in [-0.2, 0) is 6.61 Å². The Hall–Kier alpha value is -2.30. The molecule has 0 saturated heterocycles. The summed E-state index contributed by atoms with van der Waals surface area (Å²) in [5.74, 6) is 0.116. The summed E-state index contributed by atoms with van der Waals surface area (Å²) in [5.41, 5.74) is -0.0725. The number of oxazole rings is 1. The average molecular weight is 233 g/mol. The first-order valence-corrected chi connectivity index (χ1v) is 5.04. The largest absolute Gasteiger partial charge is 0.484 e. The number of para-hydroxylation sites is 1. The zero-order valence-electron chi connectivity index (χ0n) is 9.21. The SMILES string of the molecule is Cc1oc(COc2ccccc2)nc1C(=O)O. The van der Waals surface area contributed by atoms with Crippen LogP contribution in [0.25, 0.3) is 0 Å². The molecule has 0 atom stereocenters. The Bertz CT molecular complexity index is 519. The van der Waals surface area contributed by atoms with Gasteiger partial charge in [0.2, 0.25) is 5.89 Å². The predicted molar refractivity (Wildman–Crippen MR) is 59.0 cm³/mol. The number of hydrogen-bond acceptors (Lipinski definition) is 4. The minimum absolute atomic E-state index is 0.0725. The second-order valence-electron chi connectivity index (χ2n) is 3.42. The maximum atomic E-state index is 10.7. The van der Waals surface area contributed by atoms with E-state index in [1.807, 2.05) is 18.2 Å². The van der Waals surface area contributed by atoms with Crippen LogP contribution in [0.15, 0.2) is 34.7 Å². The third-order valence-corrected chi connectivity index (χ3v) is 2.15. The van der Waals surface area contributed by atoms with Gasteiger partial charge in [-0.1, -0.05) is 18.2 Å². The van der Waals surface area contributed by atoms with Crippen molar-refractivity contribution in [3.8, 4) is 5.75 Å². The van der Waals surface area contributed by atoms with Gasteiger partial charge in [0.1, 0.15) is 11.5 Å². The molecule has 88 valence electrons. The standard InChI is InChI=1S/C12H11NO4/c1-8-11(12(14)15)13-10(17-8)7-16-9-5-3-2-4-6-9/h2-6H,7H2,1H3,(H,14,15). The van der Waals surface area contributed by atoms with Crippen LogP contribution in [0.5, 0.6) is 5.75 Å². The number of nitrogens with zero attached hydrogens (tertiary/aromatic N) is 1. The van der Waals surface area contributed by atoms with Crippen molar-refractivity contribution in [3.63, 3.8) is 0 Å². The van der Waals surface area contributed by atoms with Crippen molar-refractivity contribution in [3.05, 3.63) is 47.7 Å². The molecule has 0 unspecified atom stereocenters. The molecule has 5 heteroatoms. The summed E-state index contributed by atoms with van der Waals surface area (Å²) < 4.78 is 10.6. The summed E-state index contributed by atoms with van der Waals surface area (Å²) in [6.07, 6.45) is 0. The molecular weight excluding hydrogens is 222 g/mol. The van der Waals surface area contributed by atoms with Gasteiger partial charge in [0.15, 0.2) is 12.3 Å². The number of carboxylic acids is 1. The summed E-state index contributed by atoms with van der Waals surface area (Å²) in [4.78, 5) is 14.6. The highest BCUT2D eigenvalue weighted by atomic mass is 16.5. The minimum Gasteiger partial charge on any atom is -0.484 e. The Kier molecular flexibility index (Phi) is 3.09. The molecule has 2 rings (SSSR count). The quantitative estimate of drug-likeness (QED) is 0.876. The minimum atomic E-state index is -1.10. The molecule has 0 radical (unpaired) electrons. The van der Waals surface area contributed by atoms with E-state index in [1.54, 1.807) is 19.1 Å². The number of ether oxygens (including phenoxy) is 1. The first kappa shape index (κ1) is 11.2. The highest BCUT2D eigenvalue weighted by molar-refractivity contribution is 5.86. The van der Waals surface area contributed by atoms with Crippen LogP contribution in [0.4, 0.5) is 0 Å². The van der Waals surface area contributed by atoms with E-state index in [0.717, 1.165) is 0 Å². The van der Waals surface area contributed by atoms with Crippen molar-refractivity contribution in [2.24, 2.45) is 0 Å². The molecule has 2 aromatic rings. The maximum absolute atomic E-state index is 10.7. The number of benzene rings is 1. The van der Waals surface area contributed by atoms with Gasteiger partial charge in [0, 0.05) is 0 Å². The van der Waals surface area contributed by atoms with Gasteiger partial charge in [0.05, 0.1) is 0 Å². The first-order valence-electron chi connectivity index (χ1n) is 5.04. The Balaban J connectivity index is 2.05. The predicted octanol–water partition coefficient (Wildman–Crippen LogP) is 2.26. The van der Waals surface area contributed by atoms with Crippen molar-refractivity contribution >= 4 is 5.97 Å². The van der Waals surface area contributed by atoms with Crippen LogP contribution in [0.1, 0.15) is 22.1 Å². The summed E-state index contributed by atoms with van der Waals surface area (Å²) in [6, 6.07) is 9.17. The summed E-state index contributed by atoms with van der Waals surface area (Å²) in [7, 11) is 0. The summed E-state index contributed by atoms with van der Waals surface area (Å²) >= 11 is 0. The first-order chi connectivity index (χ1) is 8.16. The van der Waals surface area contributed by atoms with E-state index >= 15 is 0 Å². The zero-order chi connectivity index (χ0) is 12.3. The van der Waals surface area contributed by atoms with E-state index in [9.17, 15) is 4.79 Å². The van der Waals surface area contributed by atoms with Crippen LogP contribution >= 0.6 is 0 Å². The highest BCUT2D eigenvalue weighted by Gasteiger charge is 2.15. The molecule has 1 heterocycles. The molecule has 0 aliphatic heterocycles. The third kappa shape index (κ3) is 2.63. The van der Waals surface area contributed by atoms with Gasteiger partial charge < -0.3 is 14.3 Å². The Morgan fingerprint density at radius 3 is 2.71 bits per heavy atom. The Morgan fingerprint density at radius 1 is 1.41 bits per heavy atom. The molecule has 1 N–H and O–H groups in total. The molecule has 1 aromatic carbocycles. The number of rotatable bonds is 4. The smallest absolute Gasteiger partial charge is 0.358 e. The number of hydrogen-bond donors (Lipinski definition) is 1. The molecule has 0 saturated carbocycles. The van der Waals surface area contributed by atoms with Gasteiger partial charge >= 0.3 is 5.97 Å². The fraction of sp³-hybridized carbons (Fsp3) is 0.167. The maximum Gasteiger partial charge on any atom is 0.358 e. The zero-order valence-corrected chi connectivity index (χ0v) is 9.21. The number of aromatic nitrogens is 1. The Labute approximate surface area is 97.7 Å². The van der Waals surface area contributed by atoms with E-state index < -0.39 is 5.97 Å². The molecule has 0 spiro atoms. The van der Waals surface area contributed by atoms with E-state index in [-0.39, 0.29) is 24.0 Å². The number of carbonyl (C=O) groups is 1. The monoisotopic (exact) mass is 233 g/mol. The lowest BCUT2D eigenvalue weighted by atomic mass is 10.3. The molecule has 1 aromatic heterocycles. The van der Waals surface area contributed by atoms with Crippen LogP contribution in [0.3, 0.4) is 0 Å². The van der Waals surface area contributed by atoms with Crippen LogP contribution in [0, 0.1) is 6.92 Å². The fourth-order valence-electron chi connectivity index (χ4n) is 1.37. The number of aryl methyl sites for hydroxylation is 1. The molecule has 0 amide bonds. The highest BCUT2D eigenvalue weighted by Crippen LogP contribution is 2.14. The molecule has 0 fully saturated rings. The number of aromatic carboxylic acids is 1. The summed E-state index contributed by atoms with van der Waals surface area (Å²) in [5, 5.41) is 8.80. The molecule has 17 heavy (non-hydrogen) atoms. The second kappa shape index (κ2) is 4.69. The topological polar surface area (TPSA) is 72.6 Å². The lowest BCUT2D eigenvalue weighted by Crippen LogP contribution is -2.00. The van der Waals surface area contributed by atoms with Crippen LogP contribution in [0.2, 0.25) is 0 Å². The van der Waals surface area contributed by atoms with Crippen LogP contribution in [-0.4, -0.2) is 16.1 Å². The van der Waals surface area contributed by atoms with Gasteiger partial charge in [0.25, 0.3) is 0 Å². The van der Waals surface area contributed by atoms with Gasteiger partial charge in [-0.15, -0.1) is 0 Å². The van der Waals surface area contributed by atoms with Crippen molar-refractivity contribution in [1.82, 2.24) is 4.98 Å². The van der Waals surface area contributed by atoms with E-state index in [1.165, 1.54) is 0 Å². The average Bonchev–Trinajstić information content (AvgIpc) is 2.69. The van der Waals surface area contributed by atoms with Crippen molar-refractivity contribution in [1.29, 1.82) is 0 Å². The molecule has 0 aliphatic carbocycles. The van der Waals surface area contributed by atoms with E-state index in [2.05, 4.69) is 4.98 Å². The molecule has 0 bridgehead atoms. The normalized spacial score (nSPS) is 10.2. The Morgan fingerprint density at radius 2 is 2.12 bits per heavy atom. The van der Waals surface area contributed by atoms with Crippen LogP contribution < -0.4 is 4.74 Å².